The molecule has 4 rings (SSSR count). The number of benzene rings is 2. The van der Waals surface area contributed by atoms with Crippen molar-refractivity contribution < 1.29 is 5.11 Å². The molecule has 2 aromatic carbocycles. The molecule has 0 saturated carbocycles. The van der Waals surface area contributed by atoms with Crippen molar-refractivity contribution in [2.24, 2.45) is 0 Å². The highest BCUT2D eigenvalue weighted by molar-refractivity contribution is 6.30. The Bertz CT molecular complexity index is 1130. The van der Waals surface area contributed by atoms with Gasteiger partial charge < -0.3 is 14.7 Å². The van der Waals surface area contributed by atoms with Crippen LogP contribution in [0.25, 0.3) is 22.6 Å². The third kappa shape index (κ3) is 2.99. The summed E-state index contributed by atoms with van der Waals surface area (Å²) in [6, 6.07) is 14.0. The second-order valence-corrected chi connectivity index (χ2v) is 6.08. The van der Waals surface area contributed by atoms with Crippen molar-refractivity contribution in [1.82, 2.24) is 19.5 Å². The van der Waals surface area contributed by atoms with Gasteiger partial charge in [0, 0.05) is 17.1 Å². The van der Waals surface area contributed by atoms with Crippen molar-refractivity contribution in [3.8, 4) is 17.1 Å². The lowest BCUT2D eigenvalue weighted by Crippen LogP contribution is -2.13. The summed E-state index contributed by atoms with van der Waals surface area (Å²) >= 11 is 6.01. The fourth-order valence-electron chi connectivity index (χ4n) is 2.73. The molecule has 0 aliphatic heterocycles. The van der Waals surface area contributed by atoms with E-state index in [9.17, 15) is 9.90 Å². The van der Waals surface area contributed by atoms with Crippen molar-refractivity contribution in [3.05, 3.63) is 75.8 Å². The molecule has 25 heavy (non-hydrogen) atoms. The number of nitrogens with one attached hydrogen (secondary N) is 1. The molecule has 0 aliphatic rings. The van der Waals surface area contributed by atoms with Gasteiger partial charge in [-0.25, -0.2) is 9.97 Å². The van der Waals surface area contributed by atoms with E-state index in [1.54, 1.807) is 35.2 Å². The van der Waals surface area contributed by atoms with Crippen LogP contribution < -0.4 is 5.56 Å². The summed E-state index contributed by atoms with van der Waals surface area (Å²) in [6.07, 6.45) is 1.58. The first kappa shape index (κ1) is 15.4. The number of rotatable bonds is 3. The number of aromatic nitrogens is 4. The Morgan fingerprint density at radius 1 is 1.16 bits per heavy atom. The van der Waals surface area contributed by atoms with Gasteiger partial charge in [0.25, 0.3) is 5.56 Å². The molecule has 2 aromatic heterocycles. The normalized spacial score (nSPS) is 11.1. The number of fused-ring (bicyclic) bond motifs is 1. The predicted molar refractivity (Wildman–Crippen MR) is 95.8 cm³/mol. The average Bonchev–Trinajstić information content (AvgIpc) is 2.98. The number of halogens is 1. The molecule has 0 amide bonds. The summed E-state index contributed by atoms with van der Waals surface area (Å²) in [6.45, 7) is 0.466. The first-order valence-corrected chi connectivity index (χ1v) is 7.97. The molecule has 0 fully saturated rings. The van der Waals surface area contributed by atoms with Crippen LogP contribution in [0.4, 0.5) is 0 Å². The lowest BCUT2D eigenvalue weighted by atomic mass is 10.2. The van der Waals surface area contributed by atoms with E-state index in [1.165, 1.54) is 6.07 Å². The topological polar surface area (TPSA) is 83.8 Å². The van der Waals surface area contributed by atoms with E-state index in [2.05, 4.69) is 15.0 Å². The number of nitrogens with zero attached hydrogens (tertiary/aromatic N) is 3. The highest BCUT2D eigenvalue weighted by atomic mass is 35.5. The van der Waals surface area contributed by atoms with Crippen molar-refractivity contribution in [2.45, 2.75) is 6.54 Å². The fourth-order valence-corrected chi connectivity index (χ4v) is 2.94. The maximum Gasteiger partial charge on any atom is 0.277 e. The Morgan fingerprint density at radius 2 is 2.00 bits per heavy atom. The van der Waals surface area contributed by atoms with E-state index >= 15 is 0 Å². The van der Waals surface area contributed by atoms with Crippen LogP contribution in [-0.4, -0.2) is 24.6 Å². The van der Waals surface area contributed by atoms with Crippen LogP contribution in [0.3, 0.4) is 0 Å². The van der Waals surface area contributed by atoms with Gasteiger partial charge in [0.05, 0.1) is 6.33 Å². The van der Waals surface area contributed by atoms with Gasteiger partial charge in [0.15, 0.2) is 11.2 Å². The smallest absolute Gasteiger partial charge is 0.277 e. The average molecular weight is 353 g/mol. The summed E-state index contributed by atoms with van der Waals surface area (Å²) < 4.78 is 1.74. The molecule has 4 aromatic rings. The van der Waals surface area contributed by atoms with Crippen molar-refractivity contribution in [2.75, 3.05) is 0 Å². The molecular weight excluding hydrogens is 340 g/mol. The molecule has 0 spiro atoms. The highest BCUT2D eigenvalue weighted by Crippen LogP contribution is 2.20. The third-order valence-corrected chi connectivity index (χ3v) is 4.08. The van der Waals surface area contributed by atoms with Gasteiger partial charge in [-0.3, -0.25) is 4.79 Å². The van der Waals surface area contributed by atoms with Crippen LogP contribution in [0.15, 0.2) is 59.7 Å². The first-order valence-electron chi connectivity index (χ1n) is 7.59. The van der Waals surface area contributed by atoms with Gasteiger partial charge in [-0.15, -0.1) is 0 Å². The second-order valence-electron chi connectivity index (χ2n) is 5.64. The molecule has 0 radical (unpaired) electrons. The van der Waals surface area contributed by atoms with E-state index in [-0.39, 0.29) is 11.3 Å². The molecule has 0 unspecified atom stereocenters. The SMILES string of the molecule is O=c1[nH]c(-c2cccc(O)c2)nc2ncn(Cc3cccc(Cl)c3)c12. The largest absolute Gasteiger partial charge is 0.508 e. The number of hydrogen-bond acceptors (Lipinski definition) is 4. The van der Waals surface area contributed by atoms with E-state index in [0.717, 1.165) is 5.56 Å². The number of hydrogen-bond donors (Lipinski definition) is 2. The Balaban J connectivity index is 1.78. The van der Waals surface area contributed by atoms with Crippen LogP contribution in [-0.2, 0) is 6.54 Å². The monoisotopic (exact) mass is 352 g/mol. The first-order chi connectivity index (χ1) is 12.1. The number of phenols is 1. The fraction of sp³-hybridized carbons (Fsp3) is 0.0556. The van der Waals surface area contributed by atoms with Gasteiger partial charge >= 0.3 is 0 Å². The molecular formula is C18H13ClN4O2. The zero-order chi connectivity index (χ0) is 17.4. The zero-order valence-corrected chi connectivity index (χ0v) is 13.7. The quantitative estimate of drug-likeness (QED) is 0.593. The van der Waals surface area contributed by atoms with Crippen molar-refractivity contribution in [3.63, 3.8) is 0 Å². The maximum atomic E-state index is 12.6. The van der Waals surface area contributed by atoms with Gasteiger partial charge in [0.1, 0.15) is 11.6 Å². The number of phenolic OH excluding ortho intramolecular Hbond substituents is 1. The Morgan fingerprint density at radius 3 is 2.80 bits per heavy atom. The molecule has 0 atom stereocenters. The lowest BCUT2D eigenvalue weighted by molar-refractivity contribution is 0.475. The van der Waals surface area contributed by atoms with E-state index in [0.29, 0.717) is 34.1 Å². The van der Waals surface area contributed by atoms with Crippen LogP contribution >= 0.6 is 11.6 Å². The summed E-state index contributed by atoms with van der Waals surface area (Å²) in [5.74, 6) is 0.466. The summed E-state index contributed by atoms with van der Waals surface area (Å²) in [7, 11) is 0. The molecule has 0 aliphatic carbocycles. The molecule has 7 heteroatoms. The van der Waals surface area contributed by atoms with Crippen LogP contribution in [0.5, 0.6) is 5.75 Å². The molecule has 2 N–H and O–H groups in total. The standard InChI is InChI=1S/C18H13ClN4O2/c19-13-5-1-3-11(7-13)9-23-10-20-17-15(23)18(25)22-16(21-17)12-4-2-6-14(24)8-12/h1-8,10,24H,9H2,(H,21,22,25). The van der Waals surface area contributed by atoms with Crippen LogP contribution in [0, 0.1) is 0 Å². The van der Waals surface area contributed by atoms with E-state index < -0.39 is 0 Å². The Kier molecular flexibility index (Phi) is 3.74. The minimum absolute atomic E-state index is 0.103. The second kappa shape index (κ2) is 6.07. The molecule has 2 heterocycles. The molecule has 6 nitrogen and oxygen atoms in total. The third-order valence-electron chi connectivity index (χ3n) is 3.84. The van der Waals surface area contributed by atoms with Gasteiger partial charge in [-0.1, -0.05) is 35.9 Å². The predicted octanol–water partition coefficient (Wildman–Crippen LogP) is 3.19. The van der Waals surface area contributed by atoms with Crippen molar-refractivity contribution in [1.29, 1.82) is 0 Å². The number of H-pyrrole nitrogens is 1. The molecule has 124 valence electrons. The Hall–Kier alpha value is -3.12. The van der Waals surface area contributed by atoms with Crippen LogP contribution in [0.1, 0.15) is 5.56 Å². The maximum absolute atomic E-state index is 12.6. The number of imidazole rings is 1. The summed E-state index contributed by atoms with van der Waals surface area (Å²) in [5, 5.41) is 10.2. The zero-order valence-electron chi connectivity index (χ0n) is 13.0. The van der Waals surface area contributed by atoms with Gasteiger partial charge in [-0.05, 0) is 29.8 Å². The van der Waals surface area contributed by atoms with Gasteiger partial charge in [0.2, 0.25) is 0 Å². The minimum atomic E-state index is -0.289. The lowest BCUT2D eigenvalue weighted by Gasteiger charge is -2.05. The van der Waals surface area contributed by atoms with Gasteiger partial charge in [-0.2, -0.15) is 0 Å². The van der Waals surface area contributed by atoms with E-state index in [1.807, 2.05) is 18.2 Å². The number of aromatic amines is 1. The minimum Gasteiger partial charge on any atom is -0.508 e. The van der Waals surface area contributed by atoms with Crippen LogP contribution in [0.2, 0.25) is 5.02 Å². The number of aromatic hydroxyl groups is 1. The van der Waals surface area contributed by atoms with E-state index in [4.69, 9.17) is 11.6 Å². The Labute approximate surface area is 147 Å². The van der Waals surface area contributed by atoms with Crippen molar-refractivity contribution >= 4 is 22.8 Å². The molecule has 0 bridgehead atoms. The summed E-state index contributed by atoms with van der Waals surface area (Å²) in [5.41, 5.74) is 2.03. The summed E-state index contributed by atoms with van der Waals surface area (Å²) in [4.78, 5) is 24.0. The highest BCUT2D eigenvalue weighted by Gasteiger charge is 2.12. The molecule has 0 saturated heterocycles.